The van der Waals surface area contributed by atoms with Crippen LogP contribution in [0.1, 0.15) is 80.4 Å². The number of halogens is 5. The normalized spacial score (nSPS) is 17.8. The Morgan fingerprint density at radius 3 is 2.09 bits per heavy atom. The van der Waals surface area contributed by atoms with E-state index in [4.69, 9.17) is 0 Å². The van der Waals surface area contributed by atoms with Gasteiger partial charge in [-0.3, -0.25) is 10.1 Å². The van der Waals surface area contributed by atoms with Crippen molar-refractivity contribution in [3.63, 3.8) is 0 Å². The van der Waals surface area contributed by atoms with Gasteiger partial charge in [0.1, 0.15) is 0 Å². The van der Waals surface area contributed by atoms with Crippen LogP contribution in [0.4, 0.5) is 38.4 Å². The molecule has 3 amide bonds. The maximum absolute atomic E-state index is 13.9. The van der Waals surface area contributed by atoms with Crippen LogP contribution < -0.4 is 10.6 Å². The molecule has 9 nitrogen and oxygen atoms in total. The predicted octanol–water partition coefficient (Wildman–Crippen LogP) is 7.22. The van der Waals surface area contributed by atoms with Crippen molar-refractivity contribution in [2.45, 2.75) is 78.1 Å². The zero-order chi connectivity index (χ0) is 31.6. The van der Waals surface area contributed by atoms with Crippen LogP contribution in [0.15, 0.2) is 42.5 Å². The molecule has 1 saturated carbocycles. The van der Waals surface area contributed by atoms with E-state index in [1.807, 2.05) is 0 Å². The minimum absolute atomic E-state index is 0.00662. The number of H-pyrrole nitrogens is 1. The van der Waals surface area contributed by atoms with Crippen LogP contribution >= 0.6 is 0 Å². The standard InChI is InChI=1S/C29H34F5N7O2/c1-27(2,3)19-9-12-21(13-10-19)41(16-17-5-7-18(8-6-17)24(42)36-25-37-39-40-38-25)26(43)35-20-11-14-22(28(4,30)31)23(15-20)29(32,33)34/h5-8,11,14-15,19,21H,9-10,12-13,16H2,1-4H3,(H,35,43)(H2,36,37,38,39,40,42). The van der Waals surface area contributed by atoms with Crippen LogP contribution in [-0.4, -0.2) is 43.5 Å². The largest absolute Gasteiger partial charge is 0.416 e. The minimum Gasteiger partial charge on any atom is -0.317 e. The van der Waals surface area contributed by atoms with E-state index < -0.39 is 35.2 Å². The molecule has 0 bridgehead atoms. The zero-order valence-electron chi connectivity index (χ0n) is 24.2. The molecule has 0 atom stereocenters. The third kappa shape index (κ3) is 8.05. The summed E-state index contributed by atoms with van der Waals surface area (Å²) in [5, 5.41) is 17.9. The first-order valence-electron chi connectivity index (χ1n) is 13.8. The highest BCUT2D eigenvalue weighted by molar-refractivity contribution is 6.03. The lowest BCUT2D eigenvalue weighted by atomic mass is 9.71. The molecular weight excluding hydrogens is 573 g/mol. The number of aromatic amines is 1. The van der Waals surface area contributed by atoms with Gasteiger partial charge < -0.3 is 10.2 Å². The fraction of sp³-hybridized carbons (Fsp3) is 0.483. The van der Waals surface area contributed by atoms with Crippen molar-refractivity contribution in [1.29, 1.82) is 0 Å². The Morgan fingerprint density at radius 1 is 0.907 bits per heavy atom. The van der Waals surface area contributed by atoms with Crippen LogP contribution in [0, 0.1) is 11.3 Å². The molecule has 4 rings (SSSR count). The van der Waals surface area contributed by atoms with Crippen molar-refractivity contribution in [3.05, 3.63) is 64.7 Å². The van der Waals surface area contributed by atoms with Gasteiger partial charge in [-0.2, -0.15) is 18.4 Å². The maximum atomic E-state index is 13.9. The molecule has 1 heterocycles. The van der Waals surface area contributed by atoms with Gasteiger partial charge in [0.15, 0.2) is 0 Å². The Bertz CT molecular complexity index is 1410. The topological polar surface area (TPSA) is 116 Å². The highest BCUT2D eigenvalue weighted by Gasteiger charge is 2.40. The van der Waals surface area contributed by atoms with Gasteiger partial charge in [0, 0.05) is 36.3 Å². The van der Waals surface area contributed by atoms with E-state index in [9.17, 15) is 31.5 Å². The average Bonchev–Trinajstić information content (AvgIpc) is 3.43. The van der Waals surface area contributed by atoms with Crippen molar-refractivity contribution in [3.8, 4) is 0 Å². The van der Waals surface area contributed by atoms with E-state index in [1.165, 1.54) is 0 Å². The molecule has 232 valence electrons. The number of urea groups is 1. The molecule has 1 fully saturated rings. The zero-order valence-corrected chi connectivity index (χ0v) is 24.2. The number of carbonyl (C=O) groups excluding carboxylic acids is 2. The summed E-state index contributed by atoms with van der Waals surface area (Å²) in [5.41, 5.74) is -1.84. The summed E-state index contributed by atoms with van der Waals surface area (Å²) in [5.74, 6) is -3.74. The monoisotopic (exact) mass is 607 g/mol. The highest BCUT2D eigenvalue weighted by Crippen LogP contribution is 2.41. The number of nitrogens with zero attached hydrogens (tertiary/aromatic N) is 4. The first-order valence-corrected chi connectivity index (χ1v) is 13.8. The van der Waals surface area contributed by atoms with Gasteiger partial charge >= 0.3 is 12.2 Å². The molecular formula is C29H34F5N7O2. The third-order valence-corrected chi connectivity index (χ3v) is 7.81. The Morgan fingerprint density at radius 2 is 1.56 bits per heavy atom. The summed E-state index contributed by atoms with van der Waals surface area (Å²) in [6.45, 7) is 7.01. The molecule has 0 radical (unpaired) electrons. The van der Waals surface area contributed by atoms with Crippen LogP contribution in [0.3, 0.4) is 0 Å². The molecule has 1 aromatic heterocycles. The number of anilines is 2. The number of benzene rings is 2. The Balaban J connectivity index is 1.56. The van der Waals surface area contributed by atoms with Crippen molar-refractivity contribution in [1.82, 2.24) is 25.5 Å². The van der Waals surface area contributed by atoms with Crippen molar-refractivity contribution in [2.75, 3.05) is 10.6 Å². The molecule has 0 saturated heterocycles. The van der Waals surface area contributed by atoms with Crippen molar-refractivity contribution in [2.24, 2.45) is 11.3 Å². The lowest BCUT2D eigenvalue weighted by Gasteiger charge is -2.41. The molecule has 2 aromatic carbocycles. The van der Waals surface area contributed by atoms with Crippen LogP contribution in [-0.2, 0) is 18.6 Å². The number of hydrogen-bond donors (Lipinski definition) is 3. The number of aromatic nitrogens is 4. The summed E-state index contributed by atoms with van der Waals surface area (Å²) in [6, 6.07) is 7.90. The number of rotatable bonds is 7. The van der Waals surface area contributed by atoms with E-state index in [-0.39, 0.29) is 29.6 Å². The van der Waals surface area contributed by atoms with Gasteiger partial charge in [0.25, 0.3) is 17.8 Å². The van der Waals surface area contributed by atoms with Crippen molar-refractivity contribution < 1.29 is 31.5 Å². The molecule has 3 aromatic rings. The number of tetrazole rings is 1. The van der Waals surface area contributed by atoms with Gasteiger partial charge in [0.05, 0.1) is 5.56 Å². The van der Waals surface area contributed by atoms with Crippen LogP contribution in [0.25, 0.3) is 0 Å². The van der Waals surface area contributed by atoms with E-state index in [1.54, 1.807) is 29.2 Å². The summed E-state index contributed by atoms with van der Waals surface area (Å²) < 4.78 is 68.8. The molecule has 14 heteroatoms. The number of alkyl halides is 5. The lowest BCUT2D eigenvalue weighted by molar-refractivity contribution is -0.141. The predicted molar refractivity (Wildman–Crippen MR) is 149 cm³/mol. The van der Waals surface area contributed by atoms with Crippen LogP contribution in [0.5, 0.6) is 0 Å². The van der Waals surface area contributed by atoms with Gasteiger partial charge in [-0.1, -0.05) is 44.1 Å². The number of amides is 3. The molecule has 1 aliphatic rings. The molecule has 0 spiro atoms. The summed E-state index contributed by atoms with van der Waals surface area (Å²) in [7, 11) is 0. The Kier molecular flexibility index (Phi) is 9.07. The molecule has 0 unspecified atom stereocenters. The first-order chi connectivity index (χ1) is 20.0. The molecule has 1 aliphatic carbocycles. The molecule has 3 N–H and O–H groups in total. The minimum atomic E-state index is -5.04. The van der Waals surface area contributed by atoms with Gasteiger partial charge in [-0.25, -0.2) is 13.6 Å². The summed E-state index contributed by atoms with van der Waals surface area (Å²) >= 11 is 0. The van der Waals surface area contributed by atoms with Crippen molar-refractivity contribution >= 4 is 23.6 Å². The third-order valence-electron chi connectivity index (χ3n) is 7.81. The van der Waals surface area contributed by atoms with Gasteiger partial charge in [-0.05, 0) is 72.1 Å². The quantitative estimate of drug-likeness (QED) is 0.245. The fourth-order valence-electron chi connectivity index (χ4n) is 5.40. The lowest BCUT2D eigenvalue weighted by Crippen LogP contribution is -2.45. The maximum Gasteiger partial charge on any atom is 0.416 e. The number of carbonyl (C=O) groups is 2. The van der Waals surface area contributed by atoms with Gasteiger partial charge in [-0.15, -0.1) is 5.10 Å². The smallest absolute Gasteiger partial charge is 0.317 e. The average molecular weight is 608 g/mol. The van der Waals surface area contributed by atoms with Crippen LogP contribution in [0.2, 0.25) is 0 Å². The SMILES string of the molecule is CC(F)(F)c1ccc(NC(=O)N(Cc2ccc(C(=O)Nc3nn[nH]n3)cc2)C2CCC(C(C)(C)C)CC2)cc1C(F)(F)F. The number of hydrogen-bond acceptors (Lipinski definition) is 5. The van der Waals surface area contributed by atoms with Gasteiger partial charge in [0.2, 0.25) is 0 Å². The Labute approximate surface area is 245 Å². The van der Waals surface area contributed by atoms with E-state index in [2.05, 4.69) is 52.0 Å². The highest BCUT2D eigenvalue weighted by atomic mass is 19.4. The summed E-state index contributed by atoms with van der Waals surface area (Å²) in [4.78, 5) is 27.6. The number of nitrogens with one attached hydrogen (secondary N) is 3. The summed E-state index contributed by atoms with van der Waals surface area (Å²) in [6.07, 6.45) is -1.93. The first kappa shape index (κ1) is 31.8. The molecule has 43 heavy (non-hydrogen) atoms. The fourth-order valence-corrected chi connectivity index (χ4v) is 5.40. The second-order valence-corrected chi connectivity index (χ2v) is 12.0. The second-order valence-electron chi connectivity index (χ2n) is 12.0. The van der Waals surface area contributed by atoms with E-state index in [0.29, 0.717) is 48.9 Å². The second kappa shape index (κ2) is 12.3. The Hall–Kier alpha value is -4.10. The van der Waals surface area contributed by atoms with E-state index >= 15 is 0 Å². The molecule has 0 aliphatic heterocycles. The van der Waals surface area contributed by atoms with E-state index in [0.717, 1.165) is 18.9 Å².